The van der Waals surface area contributed by atoms with E-state index in [1.54, 1.807) is 25.1 Å². The standard InChI is InChI=1S/C23H21FN4O3/c1-15-11-21(26-28(15)13-17-7-4-3-5-8-17)25-23(29)22-20(16(2)31-27-22)14-30-19-10-6-9-18(24)12-19/h3-12H,13-14H2,1-2H3,(H,25,26,29). The van der Waals surface area contributed by atoms with E-state index in [1.807, 2.05) is 41.9 Å². The molecule has 0 radical (unpaired) electrons. The highest BCUT2D eigenvalue weighted by Crippen LogP contribution is 2.20. The SMILES string of the molecule is Cc1onc(C(=O)Nc2cc(C)n(Cc3ccccc3)n2)c1COc1cccc(F)c1. The van der Waals surface area contributed by atoms with E-state index in [1.165, 1.54) is 12.1 Å². The molecule has 0 atom stereocenters. The fourth-order valence-corrected chi connectivity index (χ4v) is 3.11. The molecule has 31 heavy (non-hydrogen) atoms. The summed E-state index contributed by atoms with van der Waals surface area (Å²) in [6.07, 6.45) is 0. The summed E-state index contributed by atoms with van der Waals surface area (Å²) >= 11 is 0. The van der Waals surface area contributed by atoms with Crippen LogP contribution in [0.25, 0.3) is 0 Å². The Morgan fingerprint density at radius 2 is 1.94 bits per heavy atom. The number of anilines is 1. The second-order valence-corrected chi connectivity index (χ2v) is 7.08. The van der Waals surface area contributed by atoms with Crippen molar-refractivity contribution in [2.24, 2.45) is 0 Å². The zero-order valence-corrected chi connectivity index (χ0v) is 17.1. The summed E-state index contributed by atoms with van der Waals surface area (Å²) in [6.45, 7) is 4.22. The van der Waals surface area contributed by atoms with Crippen LogP contribution in [0, 0.1) is 19.7 Å². The van der Waals surface area contributed by atoms with Gasteiger partial charge in [-0.1, -0.05) is 41.6 Å². The number of amides is 1. The maximum absolute atomic E-state index is 13.4. The Bertz CT molecular complexity index is 1200. The molecule has 0 unspecified atom stereocenters. The maximum Gasteiger partial charge on any atom is 0.279 e. The predicted octanol–water partition coefficient (Wildman–Crippen LogP) is 4.51. The smallest absolute Gasteiger partial charge is 0.279 e. The molecule has 158 valence electrons. The molecule has 0 saturated heterocycles. The van der Waals surface area contributed by atoms with Crippen LogP contribution in [0.3, 0.4) is 0 Å². The summed E-state index contributed by atoms with van der Waals surface area (Å²) < 4.78 is 25.9. The number of carbonyl (C=O) groups is 1. The second-order valence-electron chi connectivity index (χ2n) is 7.08. The first-order valence-corrected chi connectivity index (χ1v) is 9.73. The second kappa shape index (κ2) is 8.83. The Kier molecular flexibility index (Phi) is 5.79. The van der Waals surface area contributed by atoms with Crippen LogP contribution in [0.1, 0.15) is 33.1 Å². The number of nitrogens with zero attached hydrogens (tertiary/aromatic N) is 3. The lowest BCUT2D eigenvalue weighted by Crippen LogP contribution is -2.16. The van der Waals surface area contributed by atoms with Crippen LogP contribution in [0.4, 0.5) is 10.2 Å². The quantitative estimate of drug-likeness (QED) is 0.476. The summed E-state index contributed by atoms with van der Waals surface area (Å²) in [5.74, 6) is 0.351. The van der Waals surface area contributed by atoms with Crippen molar-refractivity contribution < 1.29 is 18.4 Å². The molecule has 0 spiro atoms. The van der Waals surface area contributed by atoms with E-state index < -0.39 is 11.7 Å². The first kappa shape index (κ1) is 20.3. The van der Waals surface area contributed by atoms with Crippen LogP contribution in [-0.4, -0.2) is 20.8 Å². The van der Waals surface area contributed by atoms with E-state index in [-0.39, 0.29) is 12.3 Å². The van der Waals surface area contributed by atoms with Crippen LogP contribution >= 0.6 is 0 Å². The minimum absolute atomic E-state index is 0.0169. The van der Waals surface area contributed by atoms with Gasteiger partial charge < -0.3 is 14.6 Å². The van der Waals surface area contributed by atoms with Crippen molar-refractivity contribution in [3.63, 3.8) is 0 Å². The third kappa shape index (κ3) is 4.80. The van der Waals surface area contributed by atoms with Crippen LogP contribution in [0.5, 0.6) is 5.75 Å². The monoisotopic (exact) mass is 420 g/mol. The number of rotatable bonds is 7. The summed E-state index contributed by atoms with van der Waals surface area (Å²) in [5, 5.41) is 11.1. The molecular weight excluding hydrogens is 399 g/mol. The van der Waals surface area contributed by atoms with Gasteiger partial charge in [-0.05, 0) is 31.5 Å². The molecule has 2 heterocycles. The molecule has 4 aromatic rings. The van der Waals surface area contributed by atoms with Gasteiger partial charge in [0.25, 0.3) is 5.91 Å². The molecule has 8 heteroatoms. The molecule has 0 aliphatic carbocycles. The van der Waals surface area contributed by atoms with Crippen molar-refractivity contribution in [1.29, 1.82) is 0 Å². The first-order valence-electron chi connectivity index (χ1n) is 9.73. The average Bonchev–Trinajstić information content (AvgIpc) is 3.29. The van der Waals surface area contributed by atoms with Crippen molar-refractivity contribution in [1.82, 2.24) is 14.9 Å². The number of nitrogens with one attached hydrogen (secondary N) is 1. The number of ether oxygens (including phenoxy) is 1. The molecule has 0 saturated carbocycles. The molecule has 0 fully saturated rings. The minimum Gasteiger partial charge on any atom is -0.489 e. The Balaban J connectivity index is 1.46. The van der Waals surface area contributed by atoms with Gasteiger partial charge in [0, 0.05) is 17.8 Å². The fourth-order valence-electron chi connectivity index (χ4n) is 3.11. The Hall–Kier alpha value is -3.94. The molecule has 4 rings (SSSR count). The highest BCUT2D eigenvalue weighted by atomic mass is 19.1. The van der Waals surface area contributed by atoms with Crippen molar-refractivity contribution in [3.8, 4) is 5.75 Å². The van der Waals surface area contributed by atoms with Gasteiger partial charge in [-0.3, -0.25) is 9.48 Å². The van der Waals surface area contributed by atoms with Crippen molar-refractivity contribution in [2.75, 3.05) is 5.32 Å². The zero-order valence-electron chi connectivity index (χ0n) is 17.1. The Labute approximate surface area is 178 Å². The van der Waals surface area contributed by atoms with E-state index in [0.717, 1.165) is 11.3 Å². The lowest BCUT2D eigenvalue weighted by atomic mass is 10.2. The lowest BCUT2D eigenvalue weighted by molar-refractivity contribution is 0.101. The fraction of sp³-hybridized carbons (Fsp3) is 0.174. The molecule has 0 aliphatic heterocycles. The van der Waals surface area contributed by atoms with E-state index in [4.69, 9.17) is 9.26 Å². The molecule has 2 aromatic carbocycles. The van der Waals surface area contributed by atoms with Gasteiger partial charge in [0.2, 0.25) is 0 Å². The molecule has 7 nitrogen and oxygen atoms in total. The summed E-state index contributed by atoms with van der Waals surface area (Å²) in [5.41, 5.74) is 2.60. The van der Waals surface area contributed by atoms with E-state index in [0.29, 0.717) is 29.4 Å². The van der Waals surface area contributed by atoms with E-state index >= 15 is 0 Å². The number of aryl methyl sites for hydroxylation is 2. The lowest BCUT2D eigenvalue weighted by Gasteiger charge is -2.07. The number of carbonyl (C=O) groups excluding carboxylic acids is 1. The average molecular weight is 420 g/mol. The molecule has 0 aliphatic rings. The zero-order chi connectivity index (χ0) is 21.8. The summed E-state index contributed by atoms with van der Waals surface area (Å²) in [7, 11) is 0. The summed E-state index contributed by atoms with van der Waals surface area (Å²) in [6, 6.07) is 17.5. The Morgan fingerprint density at radius 3 is 2.71 bits per heavy atom. The van der Waals surface area contributed by atoms with Crippen LogP contribution in [0.15, 0.2) is 65.2 Å². The van der Waals surface area contributed by atoms with Crippen LogP contribution in [-0.2, 0) is 13.2 Å². The van der Waals surface area contributed by atoms with Gasteiger partial charge in [-0.2, -0.15) is 5.10 Å². The van der Waals surface area contributed by atoms with E-state index in [2.05, 4.69) is 15.6 Å². The van der Waals surface area contributed by atoms with Crippen LogP contribution < -0.4 is 10.1 Å². The largest absolute Gasteiger partial charge is 0.489 e. The molecule has 0 bridgehead atoms. The highest BCUT2D eigenvalue weighted by Gasteiger charge is 2.21. The highest BCUT2D eigenvalue weighted by molar-refractivity contribution is 6.03. The van der Waals surface area contributed by atoms with Gasteiger partial charge in [0.1, 0.15) is 23.9 Å². The van der Waals surface area contributed by atoms with Gasteiger partial charge in [-0.15, -0.1) is 0 Å². The number of hydrogen-bond donors (Lipinski definition) is 1. The van der Waals surface area contributed by atoms with E-state index in [9.17, 15) is 9.18 Å². The number of hydrogen-bond acceptors (Lipinski definition) is 5. The Morgan fingerprint density at radius 1 is 1.13 bits per heavy atom. The van der Waals surface area contributed by atoms with Crippen LogP contribution in [0.2, 0.25) is 0 Å². The third-order valence-electron chi connectivity index (χ3n) is 4.78. The normalized spacial score (nSPS) is 10.8. The van der Waals surface area contributed by atoms with Crippen molar-refractivity contribution in [3.05, 3.63) is 94.8 Å². The molecular formula is C23H21FN4O3. The molecule has 1 N–H and O–H groups in total. The van der Waals surface area contributed by atoms with Crippen molar-refractivity contribution >= 4 is 11.7 Å². The van der Waals surface area contributed by atoms with Crippen molar-refractivity contribution in [2.45, 2.75) is 27.0 Å². The third-order valence-corrected chi connectivity index (χ3v) is 4.78. The number of halogens is 1. The van der Waals surface area contributed by atoms with Gasteiger partial charge >= 0.3 is 0 Å². The van der Waals surface area contributed by atoms with Gasteiger partial charge in [0.05, 0.1) is 12.1 Å². The first-order chi connectivity index (χ1) is 15.0. The number of benzene rings is 2. The topological polar surface area (TPSA) is 82.2 Å². The molecule has 2 aromatic heterocycles. The number of aromatic nitrogens is 3. The maximum atomic E-state index is 13.4. The minimum atomic E-state index is -0.459. The molecule has 1 amide bonds. The van der Waals surface area contributed by atoms with Gasteiger partial charge in [0.15, 0.2) is 11.5 Å². The van der Waals surface area contributed by atoms with Gasteiger partial charge in [-0.25, -0.2) is 4.39 Å². The summed E-state index contributed by atoms with van der Waals surface area (Å²) in [4.78, 5) is 12.8. The predicted molar refractivity (Wildman–Crippen MR) is 112 cm³/mol.